The highest BCUT2D eigenvalue weighted by atomic mass is 32.1. The maximum atomic E-state index is 10.9. The molecule has 2 atom stereocenters. The molecule has 1 heterocycles. The molecule has 1 amide bonds. The molecule has 0 saturated heterocycles. The molecule has 1 aromatic heterocycles. The van der Waals surface area contributed by atoms with E-state index in [1.165, 1.54) is 6.92 Å². The van der Waals surface area contributed by atoms with Crippen molar-refractivity contribution in [3.8, 4) is 0 Å². The monoisotopic (exact) mass is 294 g/mol. The predicted molar refractivity (Wildman–Crippen MR) is 75.0 cm³/mol. The van der Waals surface area contributed by atoms with Crippen molar-refractivity contribution in [1.29, 1.82) is 0 Å². The van der Waals surface area contributed by atoms with E-state index in [1.807, 2.05) is 0 Å². The van der Waals surface area contributed by atoms with Gasteiger partial charge < -0.3 is 21.3 Å². The number of hydrogen-bond acceptors (Lipinski definition) is 7. The summed E-state index contributed by atoms with van der Waals surface area (Å²) in [5.74, 6) is -0.279. The fourth-order valence-electron chi connectivity index (χ4n) is 1.62. The van der Waals surface area contributed by atoms with Crippen LogP contribution in [0.2, 0.25) is 0 Å². The number of aliphatic hydroxyl groups is 2. The predicted octanol–water partition coefficient (Wildman–Crippen LogP) is 0.846. The molecule has 0 aliphatic carbocycles. The average Bonchev–Trinajstić information content (AvgIpc) is 2.84. The van der Waals surface area contributed by atoms with E-state index < -0.39 is 12.2 Å². The van der Waals surface area contributed by atoms with E-state index in [2.05, 4.69) is 15.5 Å². The third-order valence-corrected chi connectivity index (χ3v) is 3.44. The van der Waals surface area contributed by atoms with Gasteiger partial charge in [0.15, 0.2) is 5.01 Å². The van der Waals surface area contributed by atoms with Gasteiger partial charge in [0.1, 0.15) is 12.2 Å². The first kappa shape index (κ1) is 14.4. The lowest BCUT2D eigenvalue weighted by atomic mass is 10.0. The number of aromatic nitrogens is 2. The number of carbonyl (C=O) groups excluding carboxylic acids is 1. The Balaban J connectivity index is 2.16. The van der Waals surface area contributed by atoms with Crippen molar-refractivity contribution >= 4 is 28.1 Å². The van der Waals surface area contributed by atoms with Crippen LogP contribution in [0, 0.1) is 0 Å². The topological polar surface area (TPSA) is 121 Å². The van der Waals surface area contributed by atoms with Crippen LogP contribution in [0.1, 0.15) is 29.7 Å². The fraction of sp³-hybridized carbons (Fsp3) is 0.250. The summed E-state index contributed by atoms with van der Waals surface area (Å²) in [5.41, 5.74) is 6.60. The second-order valence-electron chi connectivity index (χ2n) is 4.19. The van der Waals surface area contributed by atoms with Crippen molar-refractivity contribution < 1.29 is 15.0 Å². The minimum Gasteiger partial charge on any atom is -0.399 e. The zero-order valence-corrected chi connectivity index (χ0v) is 11.5. The molecule has 7 nitrogen and oxygen atoms in total. The number of nitrogens with one attached hydrogen (secondary N) is 1. The van der Waals surface area contributed by atoms with Crippen LogP contribution in [-0.4, -0.2) is 26.3 Å². The SMILES string of the molecule is CC(=O)Nc1nnc([C@H](O)[C@H](O)c2cccc(N)c2)s1. The Labute approximate surface area is 119 Å². The first-order chi connectivity index (χ1) is 9.47. The van der Waals surface area contributed by atoms with Gasteiger partial charge in [-0.25, -0.2) is 0 Å². The Bertz CT molecular complexity index is 616. The molecule has 8 heteroatoms. The summed E-state index contributed by atoms with van der Waals surface area (Å²) >= 11 is 1.00. The van der Waals surface area contributed by atoms with Crippen LogP contribution in [0.5, 0.6) is 0 Å². The Morgan fingerprint density at radius 3 is 2.75 bits per heavy atom. The lowest BCUT2D eigenvalue weighted by Gasteiger charge is -2.15. The first-order valence-electron chi connectivity index (χ1n) is 5.80. The number of benzene rings is 1. The standard InChI is InChI=1S/C12H14N4O3S/c1-6(17)14-12-16-15-11(20-12)10(19)9(18)7-3-2-4-8(13)5-7/h2-5,9-10,18-19H,13H2,1H3,(H,14,16,17)/t9-,10-/m1/s1. The molecule has 20 heavy (non-hydrogen) atoms. The van der Waals surface area contributed by atoms with E-state index in [1.54, 1.807) is 24.3 Å². The highest BCUT2D eigenvalue weighted by Crippen LogP contribution is 2.32. The minimum absolute atomic E-state index is 0.212. The number of aliphatic hydroxyl groups excluding tert-OH is 2. The van der Waals surface area contributed by atoms with E-state index in [4.69, 9.17) is 5.73 Å². The third kappa shape index (κ3) is 3.29. The molecule has 0 saturated carbocycles. The maximum Gasteiger partial charge on any atom is 0.223 e. The van der Waals surface area contributed by atoms with Crippen molar-refractivity contribution in [1.82, 2.24) is 10.2 Å². The van der Waals surface area contributed by atoms with E-state index in [9.17, 15) is 15.0 Å². The lowest BCUT2D eigenvalue weighted by Crippen LogP contribution is -2.10. The summed E-state index contributed by atoms with van der Waals surface area (Å²) in [7, 11) is 0. The van der Waals surface area contributed by atoms with Crippen LogP contribution >= 0.6 is 11.3 Å². The molecular weight excluding hydrogens is 280 g/mol. The number of nitrogens with two attached hydrogens (primary N) is 1. The number of anilines is 2. The van der Waals surface area contributed by atoms with E-state index in [0.717, 1.165) is 11.3 Å². The second-order valence-corrected chi connectivity index (χ2v) is 5.20. The molecule has 0 aliphatic heterocycles. The van der Waals surface area contributed by atoms with Crippen molar-refractivity contribution in [2.45, 2.75) is 19.1 Å². The van der Waals surface area contributed by atoms with Gasteiger partial charge in [0.2, 0.25) is 11.0 Å². The molecule has 1 aromatic carbocycles. The van der Waals surface area contributed by atoms with Crippen molar-refractivity contribution in [2.24, 2.45) is 0 Å². The molecular formula is C12H14N4O3S. The van der Waals surface area contributed by atoms with Crippen LogP contribution in [0.4, 0.5) is 10.8 Å². The zero-order valence-electron chi connectivity index (χ0n) is 10.6. The number of nitrogen functional groups attached to an aromatic ring is 1. The number of nitrogens with zero attached hydrogens (tertiary/aromatic N) is 2. The smallest absolute Gasteiger partial charge is 0.223 e. The number of rotatable bonds is 4. The number of amides is 1. The molecule has 2 rings (SSSR count). The number of hydrogen-bond donors (Lipinski definition) is 4. The zero-order chi connectivity index (χ0) is 14.7. The molecule has 106 valence electrons. The summed E-state index contributed by atoms with van der Waals surface area (Å²) in [6, 6.07) is 6.59. The summed E-state index contributed by atoms with van der Waals surface area (Å²) in [6.07, 6.45) is -2.41. The van der Waals surface area contributed by atoms with Crippen LogP contribution in [0.3, 0.4) is 0 Å². The van der Waals surface area contributed by atoms with Gasteiger partial charge in [-0.2, -0.15) is 0 Å². The van der Waals surface area contributed by atoms with Gasteiger partial charge in [0.05, 0.1) is 0 Å². The van der Waals surface area contributed by atoms with Crippen LogP contribution < -0.4 is 11.1 Å². The van der Waals surface area contributed by atoms with Gasteiger partial charge in [-0.3, -0.25) is 4.79 Å². The molecule has 0 radical (unpaired) electrons. The lowest BCUT2D eigenvalue weighted by molar-refractivity contribution is -0.114. The maximum absolute atomic E-state index is 10.9. The van der Waals surface area contributed by atoms with Crippen molar-refractivity contribution in [3.63, 3.8) is 0 Å². The highest BCUT2D eigenvalue weighted by molar-refractivity contribution is 7.15. The largest absolute Gasteiger partial charge is 0.399 e. The molecule has 0 unspecified atom stereocenters. The summed E-state index contributed by atoms with van der Waals surface area (Å²) in [6.45, 7) is 1.35. The quantitative estimate of drug-likeness (QED) is 0.620. The Morgan fingerprint density at radius 2 is 2.10 bits per heavy atom. The van der Waals surface area contributed by atoms with E-state index >= 15 is 0 Å². The molecule has 0 spiro atoms. The fourth-order valence-corrected chi connectivity index (χ4v) is 2.42. The molecule has 0 fully saturated rings. The summed E-state index contributed by atoms with van der Waals surface area (Å²) in [4.78, 5) is 10.9. The highest BCUT2D eigenvalue weighted by Gasteiger charge is 2.24. The van der Waals surface area contributed by atoms with Crippen LogP contribution in [0.25, 0.3) is 0 Å². The third-order valence-electron chi connectivity index (χ3n) is 2.53. The van der Waals surface area contributed by atoms with Crippen molar-refractivity contribution in [2.75, 3.05) is 11.1 Å². The van der Waals surface area contributed by atoms with Crippen LogP contribution in [0.15, 0.2) is 24.3 Å². The molecule has 0 bridgehead atoms. The van der Waals surface area contributed by atoms with E-state index in [-0.39, 0.29) is 16.0 Å². The van der Waals surface area contributed by atoms with Crippen LogP contribution in [-0.2, 0) is 4.79 Å². The van der Waals surface area contributed by atoms with Gasteiger partial charge in [0.25, 0.3) is 0 Å². The summed E-state index contributed by atoms with van der Waals surface area (Å²) < 4.78 is 0. The van der Waals surface area contributed by atoms with Gasteiger partial charge in [0, 0.05) is 12.6 Å². The van der Waals surface area contributed by atoms with Gasteiger partial charge >= 0.3 is 0 Å². The minimum atomic E-state index is -1.24. The summed E-state index contributed by atoms with van der Waals surface area (Å²) in [5, 5.41) is 30.6. The van der Waals surface area contributed by atoms with Gasteiger partial charge in [-0.15, -0.1) is 10.2 Å². The van der Waals surface area contributed by atoms with Gasteiger partial charge in [-0.05, 0) is 17.7 Å². The Morgan fingerprint density at radius 1 is 1.35 bits per heavy atom. The average molecular weight is 294 g/mol. The van der Waals surface area contributed by atoms with Crippen molar-refractivity contribution in [3.05, 3.63) is 34.8 Å². The van der Waals surface area contributed by atoms with E-state index in [0.29, 0.717) is 11.3 Å². The molecule has 0 aliphatic rings. The Kier molecular flexibility index (Phi) is 4.28. The van der Waals surface area contributed by atoms with Gasteiger partial charge in [-0.1, -0.05) is 23.5 Å². The first-order valence-corrected chi connectivity index (χ1v) is 6.61. The molecule has 5 N–H and O–H groups in total. The molecule has 2 aromatic rings. The number of carbonyl (C=O) groups is 1. The normalized spacial score (nSPS) is 13.8. The Hall–Kier alpha value is -2.03. The second kappa shape index (κ2) is 5.95.